The molecule has 1 aliphatic heterocycles. The fourth-order valence-electron chi connectivity index (χ4n) is 3.83. The van der Waals surface area contributed by atoms with Crippen LogP contribution in [0.25, 0.3) is 0 Å². The molecule has 0 unspecified atom stereocenters. The second-order valence-corrected chi connectivity index (χ2v) is 6.29. The number of fused-ring (bicyclic) bond motifs is 3. The largest absolute Gasteiger partial charge is 0.465 e. The maximum absolute atomic E-state index is 6.02. The van der Waals surface area contributed by atoms with Gasteiger partial charge in [0.25, 0.3) is 6.02 Å². The molecule has 0 spiro atoms. The van der Waals surface area contributed by atoms with E-state index < -0.39 is 0 Å². The standard InChI is InChI=1S/C20H22N2O/c1-2-21-20-22(13-15-8-4-3-5-9-15)19-17(14-23-20)12-16-10-6-7-11-18(16)19/h3-11,17,19H,2,12-14H2,1H3/t17-,19+/m1/s1. The zero-order valence-electron chi connectivity index (χ0n) is 13.5. The van der Waals surface area contributed by atoms with Gasteiger partial charge in [0.2, 0.25) is 0 Å². The van der Waals surface area contributed by atoms with Crippen molar-refractivity contribution in [3.8, 4) is 0 Å². The number of ether oxygens (including phenoxy) is 1. The monoisotopic (exact) mass is 306 g/mol. The van der Waals surface area contributed by atoms with Crippen LogP contribution in [0.3, 0.4) is 0 Å². The molecule has 0 radical (unpaired) electrons. The molecule has 1 fully saturated rings. The average molecular weight is 306 g/mol. The van der Waals surface area contributed by atoms with Crippen molar-refractivity contribution in [2.45, 2.75) is 25.9 Å². The van der Waals surface area contributed by atoms with Crippen LogP contribution in [0, 0.1) is 5.92 Å². The number of aliphatic imine (C=N–C) groups is 1. The Labute approximate surface area is 137 Å². The third-order valence-electron chi connectivity index (χ3n) is 4.80. The summed E-state index contributed by atoms with van der Waals surface area (Å²) in [6.45, 7) is 4.42. The van der Waals surface area contributed by atoms with Crippen LogP contribution < -0.4 is 0 Å². The lowest BCUT2D eigenvalue weighted by Gasteiger charge is -2.40. The molecule has 3 nitrogen and oxygen atoms in total. The summed E-state index contributed by atoms with van der Waals surface area (Å²) in [4.78, 5) is 6.97. The average Bonchev–Trinajstić information content (AvgIpc) is 2.97. The number of benzene rings is 2. The van der Waals surface area contributed by atoms with Gasteiger partial charge in [0.1, 0.15) is 0 Å². The van der Waals surface area contributed by atoms with E-state index in [1.807, 2.05) is 0 Å². The molecule has 0 N–H and O–H groups in total. The third-order valence-corrected chi connectivity index (χ3v) is 4.80. The Morgan fingerprint density at radius 1 is 1.09 bits per heavy atom. The molecule has 0 saturated carbocycles. The van der Waals surface area contributed by atoms with E-state index in [1.165, 1.54) is 16.7 Å². The SMILES string of the molecule is CCN=C1OC[C@H]2Cc3ccccc3[C@H]2N1Cc1ccccc1. The Morgan fingerprint density at radius 2 is 1.87 bits per heavy atom. The van der Waals surface area contributed by atoms with Crippen molar-refractivity contribution in [1.82, 2.24) is 4.90 Å². The minimum atomic E-state index is 0.380. The second kappa shape index (κ2) is 6.07. The van der Waals surface area contributed by atoms with Gasteiger partial charge in [-0.3, -0.25) is 0 Å². The summed E-state index contributed by atoms with van der Waals surface area (Å²) in [7, 11) is 0. The molecule has 2 aromatic carbocycles. The Balaban J connectivity index is 1.72. The lowest BCUT2D eigenvalue weighted by Crippen LogP contribution is -2.44. The number of hydrogen-bond acceptors (Lipinski definition) is 2. The molecule has 23 heavy (non-hydrogen) atoms. The summed E-state index contributed by atoms with van der Waals surface area (Å²) in [5.41, 5.74) is 4.20. The number of rotatable bonds is 3. The van der Waals surface area contributed by atoms with Gasteiger partial charge in [-0.15, -0.1) is 0 Å². The summed E-state index contributed by atoms with van der Waals surface area (Å²) >= 11 is 0. The summed E-state index contributed by atoms with van der Waals surface area (Å²) < 4.78 is 6.02. The maximum atomic E-state index is 6.02. The first kappa shape index (κ1) is 14.3. The van der Waals surface area contributed by atoms with Crippen LogP contribution in [0.15, 0.2) is 59.6 Å². The molecule has 2 aliphatic rings. The maximum Gasteiger partial charge on any atom is 0.288 e. The van der Waals surface area contributed by atoms with Gasteiger partial charge in [0, 0.05) is 19.0 Å². The molecule has 1 aliphatic carbocycles. The Kier molecular flexibility index (Phi) is 3.78. The first-order chi connectivity index (χ1) is 11.4. The van der Waals surface area contributed by atoms with Gasteiger partial charge in [0.15, 0.2) is 0 Å². The van der Waals surface area contributed by atoms with Crippen LogP contribution in [0.5, 0.6) is 0 Å². The van der Waals surface area contributed by atoms with Crippen molar-refractivity contribution < 1.29 is 4.74 Å². The predicted molar refractivity (Wildman–Crippen MR) is 92.3 cm³/mol. The number of nitrogens with zero attached hydrogens (tertiary/aromatic N) is 2. The topological polar surface area (TPSA) is 24.8 Å². The minimum Gasteiger partial charge on any atom is -0.465 e. The molecular formula is C20H22N2O. The van der Waals surface area contributed by atoms with Gasteiger partial charge in [0.05, 0.1) is 12.6 Å². The Morgan fingerprint density at radius 3 is 2.70 bits per heavy atom. The van der Waals surface area contributed by atoms with Crippen LogP contribution in [0.4, 0.5) is 0 Å². The highest BCUT2D eigenvalue weighted by atomic mass is 16.5. The molecule has 0 bridgehead atoms. The van der Waals surface area contributed by atoms with Gasteiger partial charge in [-0.05, 0) is 30.0 Å². The number of amidine groups is 1. The molecule has 2 aromatic rings. The highest BCUT2D eigenvalue weighted by Crippen LogP contribution is 2.43. The van der Waals surface area contributed by atoms with E-state index in [2.05, 4.69) is 71.4 Å². The fraction of sp³-hybridized carbons (Fsp3) is 0.350. The Bertz CT molecular complexity index is 711. The second-order valence-electron chi connectivity index (χ2n) is 6.29. The van der Waals surface area contributed by atoms with Crippen molar-refractivity contribution >= 4 is 6.02 Å². The first-order valence-corrected chi connectivity index (χ1v) is 8.42. The quantitative estimate of drug-likeness (QED) is 0.861. The molecule has 118 valence electrons. The van der Waals surface area contributed by atoms with E-state index >= 15 is 0 Å². The molecule has 0 aromatic heterocycles. The van der Waals surface area contributed by atoms with Crippen LogP contribution in [0.1, 0.15) is 29.7 Å². The zero-order chi connectivity index (χ0) is 15.6. The van der Waals surface area contributed by atoms with E-state index in [1.54, 1.807) is 0 Å². The van der Waals surface area contributed by atoms with E-state index in [0.717, 1.165) is 32.1 Å². The van der Waals surface area contributed by atoms with Crippen LogP contribution in [0.2, 0.25) is 0 Å². The zero-order valence-corrected chi connectivity index (χ0v) is 13.5. The van der Waals surface area contributed by atoms with E-state index in [4.69, 9.17) is 4.74 Å². The van der Waals surface area contributed by atoms with Gasteiger partial charge in [-0.25, -0.2) is 4.99 Å². The molecule has 0 amide bonds. The van der Waals surface area contributed by atoms with Gasteiger partial charge in [-0.2, -0.15) is 0 Å². The summed E-state index contributed by atoms with van der Waals surface area (Å²) in [5, 5.41) is 0. The number of hydrogen-bond donors (Lipinski definition) is 0. The van der Waals surface area contributed by atoms with Crippen LogP contribution in [-0.2, 0) is 17.7 Å². The van der Waals surface area contributed by atoms with Gasteiger partial charge in [-0.1, -0.05) is 54.6 Å². The van der Waals surface area contributed by atoms with Crippen molar-refractivity contribution in [3.05, 3.63) is 71.3 Å². The highest BCUT2D eigenvalue weighted by Gasteiger charge is 2.42. The van der Waals surface area contributed by atoms with E-state index in [0.29, 0.717) is 12.0 Å². The Hall–Kier alpha value is -2.29. The molecule has 1 saturated heterocycles. The van der Waals surface area contributed by atoms with E-state index in [-0.39, 0.29) is 0 Å². The molecule has 4 rings (SSSR count). The van der Waals surface area contributed by atoms with Crippen molar-refractivity contribution in [2.75, 3.05) is 13.2 Å². The minimum absolute atomic E-state index is 0.380. The first-order valence-electron chi connectivity index (χ1n) is 8.42. The van der Waals surface area contributed by atoms with Crippen molar-refractivity contribution in [1.29, 1.82) is 0 Å². The molecule has 1 heterocycles. The predicted octanol–water partition coefficient (Wildman–Crippen LogP) is 3.81. The third kappa shape index (κ3) is 2.61. The van der Waals surface area contributed by atoms with Gasteiger partial charge >= 0.3 is 0 Å². The van der Waals surface area contributed by atoms with Crippen molar-refractivity contribution in [3.63, 3.8) is 0 Å². The molecular weight excluding hydrogens is 284 g/mol. The summed E-state index contributed by atoms with van der Waals surface area (Å²) in [5.74, 6) is 0.520. The molecule has 3 heteroatoms. The smallest absolute Gasteiger partial charge is 0.288 e. The molecule has 2 atom stereocenters. The lowest BCUT2D eigenvalue weighted by molar-refractivity contribution is 0.0701. The fourth-order valence-corrected chi connectivity index (χ4v) is 3.83. The van der Waals surface area contributed by atoms with Crippen molar-refractivity contribution in [2.24, 2.45) is 10.9 Å². The van der Waals surface area contributed by atoms with E-state index in [9.17, 15) is 0 Å². The highest BCUT2D eigenvalue weighted by molar-refractivity contribution is 5.75. The van der Waals surface area contributed by atoms with Gasteiger partial charge < -0.3 is 9.64 Å². The summed E-state index contributed by atoms with van der Waals surface area (Å²) in [6, 6.07) is 20.6. The normalized spacial score (nSPS) is 24.2. The van der Waals surface area contributed by atoms with Crippen LogP contribution in [-0.4, -0.2) is 24.1 Å². The van der Waals surface area contributed by atoms with Crippen LogP contribution >= 0.6 is 0 Å². The lowest BCUT2D eigenvalue weighted by atomic mass is 9.98. The summed E-state index contributed by atoms with van der Waals surface area (Å²) in [6.07, 6.45) is 1.10.